The van der Waals surface area contributed by atoms with Gasteiger partial charge in [0, 0.05) is 11.6 Å². The lowest BCUT2D eigenvalue weighted by Gasteiger charge is -2.33. The fourth-order valence-corrected chi connectivity index (χ4v) is 5.34. The first-order chi connectivity index (χ1) is 16.7. The molecular weight excluding hydrogens is 451 g/mol. The number of unbranched alkanes of at least 4 members (excludes halogenated alkanes) is 1. The Labute approximate surface area is 203 Å². The minimum absolute atomic E-state index is 0.114. The number of benzene rings is 2. The number of nitrogens with one attached hydrogen (secondary N) is 1. The molecule has 184 valence electrons. The third kappa shape index (κ3) is 4.16. The van der Waals surface area contributed by atoms with Gasteiger partial charge >= 0.3 is 5.97 Å². The van der Waals surface area contributed by atoms with E-state index in [0.29, 0.717) is 17.5 Å². The van der Waals surface area contributed by atoms with Gasteiger partial charge in [-0.3, -0.25) is 24.5 Å². The smallest absolute Gasteiger partial charge is 0.327 e. The normalized spacial score (nSPS) is 25.6. The molecule has 4 unspecified atom stereocenters. The number of nitrogens with zero attached hydrogens (tertiary/aromatic N) is 1. The first-order valence-corrected chi connectivity index (χ1v) is 11.9. The van der Waals surface area contributed by atoms with Gasteiger partial charge in [0.1, 0.15) is 11.4 Å². The highest BCUT2D eigenvalue weighted by Crippen LogP contribution is 2.51. The van der Waals surface area contributed by atoms with Gasteiger partial charge in [-0.25, -0.2) is 9.29 Å². The van der Waals surface area contributed by atoms with Crippen LogP contribution in [0.5, 0.6) is 0 Å². The Morgan fingerprint density at radius 2 is 1.83 bits per heavy atom. The average molecular weight is 481 g/mol. The van der Waals surface area contributed by atoms with E-state index in [4.69, 9.17) is 4.74 Å². The van der Waals surface area contributed by atoms with Crippen LogP contribution in [0.15, 0.2) is 48.5 Å². The van der Waals surface area contributed by atoms with Crippen molar-refractivity contribution in [3.05, 3.63) is 65.5 Å². The number of fused-ring (bicyclic) bond motifs is 1. The molecule has 4 atom stereocenters. The van der Waals surface area contributed by atoms with E-state index < -0.39 is 47.0 Å². The number of halogens is 1. The number of Topliss-reactive ketones (excluding diaryl/α,β-unsaturated/α-hetero) is 1. The summed E-state index contributed by atoms with van der Waals surface area (Å²) in [5, 5.41) is 3.27. The molecule has 2 saturated heterocycles. The number of ketones is 1. The fraction of sp³-hybridized carbons (Fsp3) is 0.407. The van der Waals surface area contributed by atoms with Crippen molar-refractivity contribution in [1.82, 2.24) is 5.32 Å². The largest absolute Gasteiger partial charge is 0.465 e. The molecule has 0 bridgehead atoms. The molecule has 0 aliphatic carbocycles. The molecule has 0 aromatic heterocycles. The van der Waals surface area contributed by atoms with Crippen molar-refractivity contribution in [2.45, 2.75) is 51.6 Å². The summed E-state index contributed by atoms with van der Waals surface area (Å²) in [6.07, 6.45) is 1.67. The maximum absolute atomic E-state index is 14.2. The Kier molecular flexibility index (Phi) is 6.85. The molecule has 0 radical (unpaired) electrons. The molecule has 0 saturated carbocycles. The first-order valence-electron chi connectivity index (χ1n) is 11.9. The van der Waals surface area contributed by atoms with E-state index in [1.807, 2.05) is 6.92 Å². The Bertz CT molecular complexity index is 1180. The number of ether oxygens (including phenoxy) is 1. The SMILES string of the molecule is CCCCC1(C(=O)OCC)NC(c2cccc(F)c2)C2C(=O)N(c3cccc(C(C)=O)c3)C(=O)C21. The summed E-state index contributed by atoms with van der Waals surface area (Å²) in [6.45, 7) is 5.17. The summed E-state index contributed by atoms with van der Waals surface area (Å²) in [6, 6.07) is 11.4. The highest BCUT2D eigenvalue weighted by atomic mass is 19.1. The second-order valence-corrected chi connectivity index (χ2v) is 9.09. The maximum Gasteiger partial charge on any atom is 0.327 e. The molecule has 2 aliphatic rings. The monoisotopic (exact) mass is 480 g/mol. The van der Waals surface area contributed by atoms with E-state index in [1.165, 1.54) is 31.2 Å². The van der Waals surface area contributed by atoms with Crippen molar-refractivity contribution < 1.29 is 28.3 Å². The second kappa shape index (κ2) is 9.70. The summed E-state index contributed by atoms with van der Waals surface area (Å²) in [7, 11) is 0. The molecule has 8 heteroatoms. The van der Waals surface area contributed by atoms with Crippen LogP contribution in [0.25, 0.3) is 0 Å². The van der Waals surface area contributed by atoms with Crippen molar-refractivity contribution in [2.24, 2.45) is 11.8 Å². The van der Waals surface area contributed by atoms with Crippen LogP contribution in [0.3, 0.4) is 0 Å². The minimum Gasteiger partial charge on any atom is -0.465 e. The van der Waals surface area contributed by atoms with E-state index >= 15 is 0 Å². The van der Waals surface area contributed by atoms with Crippen molar-refractivity contribution in [3.8, 4) is 0 Å². The van der Waals surface area contributed by atoms with Gasteiger partial charge in [-0.05, 0) is 50.1 Å². The summed E-state index contributed by atoms with van der Waals surface area (Å²) >= 11 is 0. The van der Waals surface area contributed by atoms with E-state index in [9.17, 15) is 23.6 Å². The van der Waals surface area contributed by atoms with Gasteiger partial charge in [0.2, 0.25) is 11.8 Å². The van der Waals surface area contributed by atoms with Gasteiger partial charge in [0.15, 0.2) is 5.78 Å². The number of esters is 1. The number of hydrogen-bond donors (Lipinski definition) is 1. The van der Waals surface area contributed by atoms with Crippen molar-refractivity contribution in [1.29, 1.82) is 0 Å². The van der Waals surface area contributed by atoms with E-state index in [1.54, 1.807) is 31.2 Å². The third-order valence-electron chi connectivity index (χ3n) is 6.94. The van der Waals surface area contributed by atoms with Crippen LogP contribution in [0.4, 0.5) is 10.1 Å². The van der Waals surface area contributed by atoms with E-state index in [-0.39, 0.29) is 24.5 Å². The van der Waals surface area contributed by atoms with Gasteiger partial charge in [-0.15, -0.1) is 0 Å². The number of carbonyl (C=O) groups excluding carboxylic acids is 4. The predicted octanol–water partition coefficient (Wildman–Crippen LogP) is 3.97. The summed E-state index contributed by atoms with van der Waals surface area (Å²) in [5.74, 6) is -4.27. The van der Waals surface area contributed by atoms with Crippen LogP contribution in [0.2, 0.25) is 0 Å². The highest BCUT2D eigenvalue weighted by molar-refractivity contribution is 6.24. The van der Waals surface area contributed by atoms with Crippen molar-refractivity contribution in [2.75, 3.05) is 11.5 Å². The zero-order chi connectivity index (χ0) is 25.3. The standard InChI is InChI=1S/C27H29FN2O5/c1-4-6-13-27(26(34)35-5-2)22-21(23(29-27)18-10-7-11-19(28)14-18)24(32)30(25(22)33)20-12-8-9-17(15-20)16(3)31/h7-12,14-15,21-23,29H,4-6,13H2,1-3H3. The number of hydrogen-bond acceptors (Lipinski definition) is 6. The topological polar surface area (TPSA) is 92.8 Å². The third-order valence-corrected chi connectivity index (χ3v) is 6.94. The van der Waals surface area contributed by atoms with Crippen LogP contribution in [-0.2, 0) is 19.1 Å². The van der Waals surface area contributed by atoms with Crippen LogP contribution >= 0.6 is 0 Å². The molecule has 35 heavy (non-hydrogen) atoms. The number of imide groups is 1. The van der Waals surface area contributed by atoms with Gasteiger partial charge in [-0.2, -0.15) is 0 Å². The molecule has 1 N–H and O–H groups in total. The average Bonchev–Trinajstić information content (AvgIpc) is 3.32. The van der Waals surface area contributed by atoms with Gasteiger partial charge in [-0.1, -0.05) is 44.0 Å². The van der Waals surface area contributed by atoms with Crippen LogP contribution in [0, 0.1) is 17.7 Å². The number of rotatable bonds is 8. The van der Waals surface area contributed by atoms with Crippen molar-refractivity contribution in [3.63, 3.8) is 0 Å². The van der Waals surface area contributed by atoms with Crippen LogP contribution < -0.4 is 10.2 Å². The van der Waals surface area contributed by atoms with Gasteiger partial charge in [0.25, 0.3) is 0 Å². The Morgan fingerprint density at radius 1 is 1.09 bits per heavy atom. The molecular formula is C27H29FN2O5. The Balaban J connectivity index is 1.87. The molecule has 4 rings (SSSR count). The second-order valence-electron chi connectivity index (χ2n) is 9.09. The minimum atomic E-state index is -1.44. The predicted molar refractivity (Wildman–Crippen MR) is 127 cm³/mol. The molecule has 7 nitrogen and oxygen atoms in total. The van der Waals surface area contributed by atoms with Crippen LogP contribution in [0.1, 0.15) is 62.0 Å². The number of carbonyl (C=O) groups is 4. The first kappa shape index (κ1) is 24.7. The fourth-order valence-electron chi connectivity index (χ4n) is 5.34. The zero-order valence-electron chi connectivity index (χ0n) is 20.0. The van der Waals surface area contributed by atoms with E-state index in [2.05, 4.69) is 5.32 Å². The summed E-state index contributed by atoms with van der Waals surface area (Å²) in [4.78, 5) is 54.1. The Morgan fingerprint density at radius 3 is 2.49 bits per heavy atom. The lowest BCUT2D eigenvalue weighted by Crippen LogP contribution is -2.56. The van der Waals surface area contributed by atoms with Crippen molar-refractivity contribution >= 4 is 29.3 Å². The quantitative estimate of drug-likeness (QED) is 0.349. The van der Waals surface area contributed by atoms with E-state index in [0.717, 1.165) is 11.3 Å². The maximum atomic E-state index is 14.2. The summed E-state index contributed by atoms with van der Waals surface area (Å²) in [5.41, 5.74) is -0.327. The number of anilines is 1. The molecule has 2 aliphatic heterocycles. The zero-order valence-corrected chi connectivity index (χ0v) is 20.0. The Hall–Kier alpha value is -3.39. The molecule has 0 spiro atoms. The molecule has 2 heterocycles. The van der Waals surface area contributed by atoms with Gasteiger partial charge < -0.3 is 4.74 Å². The highest BCUT2D eigenvalue weighted by Gasteiger charge is 2.68. The van der Waals surface area contributed by atoms with Crippen LogP contribution in [-0.4, -0.2) is 35.7 Å². The molecule has 2 aromatic carbocycles. The van der Waals surface area contributed by atoms with Gasteiger partial charge in [0.05, 0.1) is 24.1 Å². The summed E-state index contributed by atoms with van der Waals surface area (Å²) < 4.78 is 19.6. The number of amides is 2. The molecule has 2 fully saturated rings. The molecule has 2 aromatic rings. The molecule has 2 amide bonds. The lowest BCUT2D eigenvalue weighted by atomic mass is 9.76. The lowest BCUT2D eigenvalue weighted by molar-refractivity contribution is -0.155.